The molecule has 2 heterocycles. The van der Waals surface area contributed by atoms with Crippen LogP contribution < -0.4 is 5.32 Å². The smallest absolute Gasteiger partial charge is 0.255 e. The van der Waals surface area contributed by atoms with Crippen molar-refractivity contribution in [3.8, 4) is 11.4 Å². The highest BCUT2D eigenvalue weighted by Gasteiger charge is 2.09. The number of imidazole rings is 1. The highest BCUT2D eigenvalue weighted by molar-refractivity contribution is 6.04. The van der Waals surface area contributed by atoms with Crippen LogP contribution in [0.2, 0.25) is 0 Å². The predicted molar refractivity (Wildman–Crippen MR) is 127 cm³/mol. The summed E-state index contributed by atoms with van der Waals surface area (Å²) in [6.07, 6.45) is 0. The molecule has 0 saturated carbocycles. The second-order valence-corrected chi connectivity index (χ2v) is 7.92. The summed E-state index contributed by atoms with van der Waals surface area (Å²) in [5.74, 6) is 0.668. The van der Waals surface area contributed by atoms with E-state index >= 15 is 0 Å². The molecule has 6 heteroatoms. The Morgan fingerprint density at radius 3 is 2.41 bits per heavy atom. The number of hydrogen-bond donors (Lipinski definition) is 2. The lowest BCUT2D eigenvalue weighted by Crippen LogP contribution is -2.12. The van der Waals surface area contributed by atoms with Crippen LogP contribution in [-0.2, 0) is 6.54 Å². The van der Waals surface area contributed by atoms with Crippen LogP contribution in [0, 0.1) is 13.8 Å². The number of hydrogen-bond acceptors (Lipinski definition) is 3. The monoisotopic (exact) mass is 421 g/mol. The second kappa shape index (κ2) is 8.15. The third kappa shape index (κ3) is 4.03. The molecule has 0 aliphatic heterocycles. The number of aromatic nitrogens is 4. The summed E-state index contributed by atoms with van der Waals surface area (Å²) in [4.78, 5) is 20.6. The first-order valence-electron chi connectivity index (χ1n) is 10.5. The predicted octanol–water partition coefficient (Wildman–Crippen LogP) is 5.34. The highest BCUT2D eigenvalue weighted by atomic mass is 16.1. The van der Waals surface area contributed by atoms with Gasteiger partial charge in [-0.05, 0) is 74.0 Å². The summed E-state index contributed by atoms with van der Waals surface area (Å²) in [7, 11) is 0. The maximum atomic E-state index is 12.7. The van der Waals surface area contributed by atoms with Gasteiger partial charge < -0.3 is 10.3 Å². The molecule has 5 aromatic rings. The van der Waals surface area contributed by atoms with E-state index in [1.165, 1.54) is 0 Å². The van der Waals surface area contributed by atoms with E-state index in [0.29, 0.717) is 12.1 Å². The molecule has 0 radical (unpaired) electrons. The zero-order chi connectivity index (χ0) is 22.1. The normalized spacial score (nSPS) is 11.1. The molecule has 1 amide bonds. The molecule has 5 rings (SSSR count). The molecule has 0 aliphatic rings. The summed E-state index contributed by atoms with van der Waals surface area (Å²) in [6.45, 7) is 4.71. The molecule has 0 atom stereocenters. The number of rotatable bonds is 5. The average Bonchev–Trinajstić information content (AvgIpc) is 3.37. The number of amides is 1. The second-order valence-electron chi connectivity index (χ2n) is 7.92. The van der Waals surface area contributed by atoms with E-state index in [2.05, 4.69) is 26.4 Å². The van der Waals surface area contributed by atoms with Gasteiger partial charge in [0.2, 0.25) is 0 Å². The first-order chi connectivity index (χ1) is 15.5. The quantitative estimate of drug-likeness (QED) is 0.402. The van der Waals surface area contributed by atoms with Gasteiger partial charge in [0.25, 0.3) is 5.91 Å². The lowest BCUT2D eigenvalue weighted by molar-refractivity contribution is 0.102. The zero-order valence-electron chi connectivity index (χ0n) is 18.0. The van der Waals surface area contributed by atoms with Crippen LogP contribution in [0.5, 0.6) is 0 Å². The molecular weight excluding hydrogens is 398 g/mol. The minimum atomic E-state index is -0.140. The van der Waals surface area contributed by atoms with Gasteiger partial charge in [-0.25, -0.2) is 4.98 Å². The molecule has 32 heavy (non-hydrogen) atoms. The molecule has 6 nitrogen and oxygen atoms in total. The number of aromatic amines is 1. The van der Waals surface area contributed by atoms with E-state index in [1.54, 1.807) is 0 Å². The Bertz CT molecular complexity index is 1360. The van der Waals surface area contributed by atoms with Crippen LogP contribution in [0.15, 0.2) is 78.9 Å². The standard InChI is InChI=1S/C26H23N5O/c1-17-15-18(2)31(30-17)16-19-7-9-21(10-8-19)26(32)27-22-13-11-20(12-14-22)25-28-23-5-3-4-6-24(23)29-25/h3-15H,16H2,1-2H3,(H,27,32)(H,28,29). The van der Waals surface area contributed by atoms with E-state index in [-0.39, 0.29) is 5.91 Å². The van der Waals surface area contributed by atoms with Crippen molar-refractivity contribution in [2.45, 2.75) is 20.4 Å². The number of nitrogens with zero attached hydrogens (tertiary/aromatic N) is 3. The molecular formula is C26H23N5O. The number of fused-ring (bicyclic) bond motifs is 1. The molecule has 0 spiro atoms. The number of nitrogens with one attached hydrogen (secondary N) is 2. The summed E-state index contributed by atoms with van der Waals surface area (Å²) in [5.41, 5.74) is 7.48. The van der Waals surface area contributed by atoms with E-state index in [9.17, 15) is 4.79 Å². The lowest BCUT2D eigenvalue weighted by atomic mass is 10.1. The van der Waals surface area contributed by atoms with Gasteiger partial charge in [-0.3, -0.25) is 9.48 Å². The van der Waals surface area contributed by atoms with Crippen LogP contribution in [0.1, 0.15) is 27.3 Å². The Morgan fingerprint density at radius 1 is 0.969 bits per heavy atom. The summed E-state index contributed by atoms with van der Waals surface area (Å²) < 4.78 is 1.97. The average molecular weight is 422 g/mol. The van der Waals surface area contributed by atoms with E-state index in [4.69, 9.17) is 0 Å². The van der Waals surface area contributed by atoms with Gasteiger partial charge in [-0.2, -0.15) is 5.10 Å². The van der Waals surface area contributed by atoms with Gasteiger partial charge in [-0.1, -0.05) is 24.3 Å². The van der Waals surface area contributed by atoms with Crippen molar-refractivity contribution in [1.82, 2.24) is 19.7 Å². The van der Waals surface area contributed by atoms with Crippen LogP contribution in [-0.4, -0.2) is 25.7 Å². The topological polar surface area (TPSA) is 75.6 Å². The molecule has 2 N–H and O–H groups in total. The SMILES string of the molecule is Cc1cc(C)n(Cc2ccc(C(=O)Nc3ccc(-c4nc5ccccc5[nH]4)cc3)cc2)n1. The minimum absolute atomic E-state index is 0.140. The van der Waals surface area contributed by atoms with Gasteiger partial charge in [0, 0.05) is 22.5 Å². The van der Waals surface area contributed by atoms with Crippen molar-refractivity contribution in [2.24, 2.45) is 0 Å². The third-order valence-electron chi connectivity index (χ3n) is 5.46. The number of H-pyrrole nitrogens is 1. The van der Waals surface area contributed by atoms with Gasteiger partial charge >= 0.3 is 0 Å². The Morgan fingerprint density at radius 2 is 1.72 bits per heavy atom. The van der Waals surface area contributed by atoms with Gasteiger partial charge in [0.05, 0.1) is 23.3 Å². The first-order valence-corrected chi connectivity index (χ1v) is 10.5. The van der Waals surface area contributed by atoms with E-state index in [0.717, 1.165) is 45.1 Å². The Balaban J connectivity index is 1.25. The first kappa shape index (κ1) is 19.8. The largest absolute Gasteiger partial charge is 0.338 e. The highest BCUT2D eigenvalue weighted by Crippen LogP contribution is 2.22. The van der Waals surface area contributed by atoms with Crippen molar-refractivity contribution >= 4 is 22.6 Å². The molecule has 0 fully saturated rings. The molecule has 0 unspecified atom stereocenters. The minimum Gasteiger partial charge on any atom is -0.338 e. The van der Waals surface area contributed by atoms with Crippen molar-refractivity contribution in [3.63, 3.8) is 0 Å². The molecule has 3 aromatic carbocycles. The number of para-hydroxylation sites is 2. The van der Waals surface area contributed by atoms with Crippen LogP contribution in [0.4, 0.5) is 5.69 Å². The van der Waals surface area contributed by atoms with Crippen molar-refractivity contribution in [1.29, 1.82) is 0 Å². The Hall–Kier alpha value is -4.19. The zero-order valence-corrected chi connectivity index (χ0v) is 18.0. The Labute approximate surface area is 185 Å². The van der Waals surface area contributed by atoms with Crippen LogP contribution in [0.25, 0.3) is 22.4 Å². The number of carbonyl (C=O) groups excluding carboxylic acids is 1. The van der Waals surface area contributed by atoms with Gasteiger partial charge in [-0.15, -0.1) is 0 Å². The lowest BCUT2D eigenvalue weighted by Gasteiger charge is -2.08. The summed E-state index contributed by atoms with van der Waals surface area (Å²) in [5, 5.41) is 7.45. The van der Waals surface area contributed by atoms with Crippen LogP contribution in [0.3, 0.4) is 0 Å². The molecule has 2 aromatic heterocycles. The molecule has 0 aliphatic carbocycles. The van der Waals surface area contributed by atoms with Crippen molar-refractivity contribution in [2.75, 3.05) is 5.32 Å². The fraction of sp³-hybridized carbons (Fsp3) is 0.115. The third-order valence-corrected chi connectivity index (χ3v) is 5.46. The molecule has 0 saturated heterocycles. The molecule has 0 bridgehead atoms. The molecule has 158 valence electrons. The summed E-state index contributed by atoms with van der Waals surface area (Å²) >= 11 is 0. The van der Waals surface area contributed by atoms with Gasteiger partial charge in [0.1, 0.15) is 5.82 Å². The van der Waals surface area contributed by atoms with E-state index in [1.807, 2.05) is 91.3 Å². The number of anilines is 1. The fourth-order valence-corrected chi connectivity index (χ4v) is 3.77. The number of aryl methyl sites for hydroxylation is 2. The van der Waals surface area contributed by atoms with Crippen molar-refractivity contribution in [3.05, 3.63) is 101 Å². The fourth-order valence-electron chi connectivity index (χ4n) is 3.77. The van der Waals surface area contributed by atoms with Gasteiger partial charge in [0.15, 0.2) is 0 Å². The number of benzene rings is 3. The maximum absolute atomic E-state index is 12.7. The summed E-state index contributed by atoms with van der Waals surface area (Å²) in [6, 6.07) is 25.3. The van der Waals surface area contributed by atoms with Crippen molar-refractivity contribution < 1.29 is 4.79 Å². The number of carbonyl (C=O) groups is 1. The van der Waals surface area contributed by atoms with Crippen LogP contribution >= 0.6 is 0 Å². The Kier molecular flexibility index (Phi) is 5.03. The maximum Gasteiger partial charge on any atom is 0.255 e. The van der Waals surface area contributed by atoms with E-state index < -0.39 is 0 Å².